The van der Waals surface area contributed by atoms with Crippen molar-refractivity contribution in [2.24, 2.45) is 0 Å². The van der Waals surface area contributed by atoms with Gasteiger partial charge in [-0.3, -0.25) is 9.69 Å². The Hall–Kier alpha value is -0.870. The van der Waals surface area contributed by atoms with E-state index in [0.29, 0.717) is 0 Å². The molecule has 4 heteroatoms. The molecule has 0 aliphatic rings. The van der Waals surface area contributed by atoms with Crippen molar-refractivity contribution in [1.29, 1.82) is 0 Å². The molecule has 1 aromatic rings. The van der Waals surface area contributed by atoms with Gasteiger partial charge >= 0.3 is 5.97 Å². The maximum atomic E-state index is 10.5. The van der Waals surface area contributed by atoms with Gasteiger partial charge in [-0.2, -0.15) is 11.3 Å². The molecule has 0 radical (unpaired) electrons. The van der Waals surface area contributed by atoms with E-state index in [1.807, 2.05) is 19.4 Å². The molecule has 14 heavy (non-hydrogen) atoms. The van der Waals surface area contributed by atoms with Gasteiger partial charge in [0.2, 0.25) is 0 Å². The maximum Gasteiger partial charge on any atom is 0.304 e. The molecule has 0 saturated carbocycles. The van der Waals surface area contributed by atoms with E-state index in [2.05, 4.69) is 16.3 Å². The molecule has 1 N–H and O–H groups in total. The number of rotatable bonds is 5. The van der Waals surface area contributed by atoms with Crippen LogP contribution in [0.5, 0.6) is 0 Å². The van der Waals surface area contributed by atoms with Crippen LogP contribution in [0.3, 0.4) is 0 Å². The van der Waals surface area contributed by atoms with Crippen molar-refractivity contribution in [3.05, 3.63) is 22.4 Å². The number of hydrogen-bond acceptors (Lipinski definition) is 3. The van der Waals surface area contributed by atoms with E-state index in [4.69, 9.17) is 5.11 Å². The maximum absolute atomic E-state index is 10.5. The van der Waals surface area contributed by atoms with Crippen LogP contribution < -0.4 is 0 Å². The Morgan fingerprint density at radius 2 is 2.43 bits per heavy atom. The summed E-state index contributed by atoms with van der Waals surface area (Å²) in [6, 6.07) is 2.14. The van der Waals surface area contributed by atoms with Crippen molar-refractivity contribution >= 4 is 17.3 Å². The van der Waals surface area contributed by atoms with Crippen LogP contribution in [-0.4, -0.2) is 29.1 Å². The number of thiophene rings is 1. The Balaban J connectivity index is 2.41. The van der Waals surface area contributed by atoms with Crippen molar-refractivity contribution in [2.75, 3.05) is 7.05 Å². The zero-order chi connectivity index (χ0) is 10.6. The summed E-state index contributed by atoms with van der Waals surface area (Å²) in [6.07, 6.45) is 0.195. The molecular weight excluding hydrogens is 198 g/mol. The second-order valence-electron chi connectivity index (χ2n) is 3.49. The van der Waals surface area contributed by atoms with Crippen molar-refractivity contribution < 1.29 is 9.90 Å². The van der Waals surface area contributed by atoms with Crippen LogP contribution in [0, 0.1) is 0 Å². The average molecular weight is 213 g/mol. The first kappa shape index (κ1) is 11.2. The fourth-order valence-corrected chi connectivity index (χ4v) is 1.89. The van der Waals surface area contributed by atoms with E-state index in [1.165, 1.54) is 5.56 Å². The first-order chi connectivity index (χ1) is 6.59. The lowest BCUT2D eigenvalue weighted by molar-refractivity contribution is -0.138. The van der Waals surface area contributed by atoms with Crippen LogP contribution in [-0.2, 0) is 11.3 Å². The Morgan fingerprint density at radius 3 is 2.93 bits per heavy atom. The summed E-state index contributed by atoms with van der Waals surface area (Å²) in [5.41, 5.74) is 1.25. The highest BCUT2D eigenvalue weighted by Gasteiger charge is 2.13. The second kappa shape index (κ2) is 5.12. The van der Waals surface area contributed by atoms with Gasteiger partial charge in [0.05, 0.1) is 6.42 Å². The summed E-state index contributed by atoms with van der Waals surface area (Å²) in [6.45, 7) is 2.75. The third-order valence-corrected chi connectivity index (χ3v) is 2.97. The van der Waals surface area contributed by atoms with E-state index >= 15 is 0 Å². The summed E-state index contributed by atoms with van der Waals surface area (Å²) < 4.78 is 0. The van der Waals surface area contributed by atoms with Crippen LogP contribution in [0.15, 0.2) is 16.8 Å². The molecule has 0 bridgehead atoms. The summed E-state index contributed by atoms with van der Waals surface area (Å²) in [4.78, 5) is 12.5. The monoisotopic (exact) mass is 213 g/mol. The van der Waals surface area contributed by atoms with Gasteiger partial charge in [0.25, 0.3) is 0 Å². The molecule has 78 valence electrons. The number of nitrogens with zero attached hydrogens (tertiary/aromatic N) is 1. The van der Waals surface area contributed by atoms with E-state index in [1.54, 1.807) is 11.3 Å². The predicted octanol–water partition coefficient (Wildman–Crippen LogP) is 2.04. The highest BCUT2D eigenvalue weighted by atomic mass is 32.1. The van der Waals surface area contributed by atoms with Gasteiger partial charge in [-0.1, -0.05) is 0 Å². The van der Waals surface area contributed by atoms with Gasteiger partial charge < -0.3 is 5.11 Å². The first-order valence-corrected chi connectivity index (χ1v) is 5.47. The van der Waals surface area contributed by atoms with Gasteiger partial charge in [0, 0.05) is 12.6 Å². The summed E-state index contributed by atoms with van der Waals surface area (Å²) in [5.74, 6) is -0.741. The minimum atomic E-state index is -0.741. The number of carboxylic acid groups (broad SMARTS) is 1. The van der Waals surface area contributed by atoms with Gasteiger partial charge in [-0.25, -0.2) is 0 Å². The Kier molecular flexibility index (Phi) is 4.10. The highest BCUT2D eigenvalue weighted by Crippen LogP contribution is 2.11. The Labute approximate surface area is 88.0 Å². The normalized spacial score (nSPS) is 13.1. The fourth-order valence-electron chi connectivity index (χ4n) is 1.23. The smallest absolute Gasteiger partial charge is 0.304 e. The summed E-state index contributed by atoms with van der Waals surface area (Å²) in [7, 11) is 1.95. The predicted molar refractivity (Wildman–Crippen MR) is 57.5 cm³/mol. The van der Waals surface area contributed by atoms with E-state index < -0.39 is 5.97 Å². The topological polar surface area (TPSA) is 40.5 Å². The minimum absolute atomic E-state index is 0.0763. The van der Waals surface area contributed by atoms with Crippen LogP contribution in [0.4, 0.5) is 0 Å². The Morgan fingerprint density at radius 1 is 1.71 bits per heavy atom. The lowest BCUT2D eigenvalue weighted by Gasteiger charge is -2.22. The van der Waals surface area contributed by atoms with Crippen LogP contribution >= 0.6 is 11.3 Å². The number of aliphatic carboxylic acids is 1. The molecule has 0 aliphatic carbocycles. The summed E-state index contributed by atoms with van der Waals surface area (Å²) in [5, 5.41) is 12.8. The summed E-state index contributed by atoms with van der Waals surface area (Å²) >= 11 is 1.66. The van der Waals surface area contributed by atoms with Crippen LogP contribution in [0.2, 0.25) is 0 Å². The molecule has 3 nitrogen and oxygen atoms in total. The van der Waals surface area contributed by atoms with E-state index in [-0.39, 0.29) is 12.5 Å². The van der Waals surface area contributed by atoms with Crippen molar-refractivity contribution in [1.82, 2.24) is 4.90 Å². The van der Waals surface area contributed by atoms with Crippen LogP contribution in [0.25, 0.3) is 0 Å². The average Bonchev–Trinajstić information content (AvgIpc) is 2.55. The largest absolute Gasteiger partial charge is 0.481 e. The molecule has 0 spiro atoms. The van der Waals surface area contributed by atoms with Crippen LogP contribution in [0.1, 0.15) is 18.9 Å². The lowest BCUT2D eigenvalue weighted by atomic mass is 10.2. The van der Waals surface area contributed by atoms with Crippen molar-refractivity contribution in [3.63, 3.8) is 0 Å². The standard InChI is InChI=1S/C10H15NO2S/c1-8(5-10(12)13)11(2)6-9-3-4-14-7-9/h3-4,7-8H,5-6H2,1-2H3,(H,12,13). The fraction of sp³-hybridized carbons (Fsp3) is 0.500. The van der Waals surface area contributed by atoms with E-state index in [9.17, 15) is 4.79 Å². The minimum Gasteiger partial charge on any atom is -0.481 e. The second-order valence-corrected chi connectivity index (χ2v) is 4.27. The molecule has 1 heterocycles. The lowest BCUT2D eigenvalue weighted by Crippen LogP contribution is -2.30. The van der Waals surface area contributed by atoms with Crippen molar-refractivity contribution in [3.8, 4) is 0 Å². The molecule has 1 atom stereocenters. The quantitative estimate of drug-likeness (QED) is 0.813. The van der Waals surface area contributed by atoms with Gasteiger partial charge in [-0.15, -0.1) is 0 Å². The highest BCUT2D eigenvalue weighted by molar-refractivity contribution is 7.07. The SMILES string of the molecule is CC(CC(=O)O)N(C)Cc1ccsc1. The molecule has 0 aliphatic heterocycles. The Bertz CT molecular complexity index is 284. The molecule has 1 unspecified atom stereocenters. The third-order valence-electron chi connectivity index (χ3n) is 2.23. The molecule has 1 aromatic heterocycles. The third kappa shape index (κ3) is 3.47. The first-order valence-electron chi connectivity index (χ1n) is 4.52. The molecule has 0 aromatic carbocycles. The molecule has 0 saturated heterocycles. The molecule has 0 amide bonds. The number of carbonyl (C=O) groups is 1. The van der Waals surface area contributed by atoms with Crippen molar-refractivity contribution in [2.45, 2.75) is 25.9 Å². The zero-order valence-electron chi connectivity index (χ0n) is 8.43. The molecular formula is C10H15NO2S. The van der Waals surface area contributed by atoms with Gasteiger partial charge in [0.1, 0.15) is 0 Å². The molecule has 1 rings (SSSR count). The number of carboxylic acids is 1. The molecule has 0 fully saturated rings. The number of hydrogen-bond donors (Lipinski definition) is 1. The van der Waals surface area contributed by atoms with E-state index in [0.717, 1.165) is 6.54 Å². The zero-order valence-corrected chi connectivity index (χ0v) is 9.25. The van der Waals surface area contributed by atoms with Gasteiger partial charge in [-0.05, 0) is 36.4 Å². The van der Waals surface area contributed by atoms with Gasteiger partial charge in [0.15, 0.2) is 0 Å².